The number of carbonyl (C=O) groups is 1. The zero-order valence-corrected chi connectivity index (χ0v) is 25.7. The molecule has 3 saturated heterocycles. The van der Waals surface area contributed by atoms with Crippen molar-refractivity contribution in [1.82, 2.24) is 0 Å². The first-order chi connectivity index (χ1) is 20.1. The first-order valence-electron chi connectivity index (χ1n) is 13.2. The zero-order chi connectivity index (χ0) is 32.4. The van der Waals surface area contributed by atoms with Crippen molar-refractivity contribution in [3.63, 3.8) is 0 Å². The minimum Gasteiger partial charge on any atom is -0.862 e. The van der Waals surface area contributed by atoms with E-state index >= 15 is 0 Å². The fourth-order valence-electron chi connectivity index (χ4n) is 5.10. The molecule has 0 aromatic rings. The van der Waals surface area contributed by atoms with Crippen molar-refractivity contribution in [1.29, 1.82) is 0 Å². The number of aliphatic imine (C=N–C) groups is 1. The van der Waals surface area contributed by atoms with Crippen LogP contribution in [-0.2, 0) is 28.5 Å². The number of carboxylic acid groups (broad SMARTS) is 1. The third-order valence-corrected chi connectivity index (χ3v) is 7.39. The Morgan fingerprint density at radius 1 is 0.955 bits per heavy atom. The van der Waals surface area contributed by atoms with Gasteiger partial charge in [0.15, 0.2) is 12.6 Å². The largest absolute Gasteiger partial charge is 1.00 e. The molecule has 16 unspecified atom stereocenters. The van der Waals surface area contributed by atoms with E-state index in [-0.39, 0.29) is 29.6 Å². The van der Waals surface area contributed by atoms with Gasteiger partial charge in [0.05, 0.1) is 25.9 Å². The first-order valence-corrected chi connectivity index (χ1v) is 13.2. The standard InChI is InChI=1S/C23H39NO19.Na/c1-6(28)24-11-7(29)2-23(22(37)38,42-18(11)12(31)8(30)3-25)43-19-13(32)9(4-26)40-21(16(19)35)41-17-10(5-27)39-20(36)15(34)14(17)33;/h7-21,25-27,29-36H,2-5H2,1H3,(H,24,28)(H,37,38);/q;+1/p-1. The molecule has 0 amide bonds. The average molecular weight is 656 g/mol. The molecule has 0 aliphatic carbocycles. The maximum Gasteiger partial charge on any atom is 1.00 e. The second kappa shape index (κ2) is 16.4. The van der Waals surface area contributed by atoms with E-state index < -0.39 is 136 Å². The van der Waals surface area contributed by atoms with E-state index in [0.717, 1.165) is 6.92 Å². The second-order valence-electron chi connectivity index (χ2n) is 10.4. The SMILES string of the molecule is CC([O-])=NC1C(O)CC(OC2C(O)C(CO)OC(OC3C(CO)OC(O)C(O)C3O)C2O)(C(=O)O)OC1C(O)C(O)CO.[Na+]. The van der Waals surface area contributed by atoms with E-state index in [4.69, 9.17) is 23.7 Å². The Labute approximate surface area is 271 Å². The Bertz CT molecular complexity index is 958. The quantitative estimate of drug-likeness (QED) is 0.0558. The van der Waals surface area contributed by atoms with Crippen molar-refractivity contribution in [2.24, 2.45) is 4.99 Å². The fraction of sp³-hybridized carbons (Fsp3) is 0.913. The van der Waals surface area contributed by atoms with Gasteiger partial charge in [0.2, 0.25) is 0 Å². The summed E-state index contributed by atoms with van der Waals surface area (Å²) in [5.74, 6) is -5.90. The normalized spacial score (nSPS) is 44.8. The summed E-state index contributed by atoms with van der Waals surface area (Å²) in [5, 5.41) is 134. The van der Waals surface area contributed by atoms with E-state index in [0.29, 0.717) is 0 Å². The third kappa shape index (κ3) is 8.23. The van der Waals surface area contributed by atoms with Crippen molar-refractivity contribution in [3.05, 3.63) is 0 Å². The van der Waals surface area contributed by atoms with E-state index in [1.54, 1.807) is 0 Å². The molecule has 3 rings (SSSR count). The van der Waals surface area contributed by atoms with Crippen molar-refractivity contribution < 1.29 is 124 Å². The van der Waals surface area contributed by atoms with Crippen LogP contribution in [-0.4, -0.2) is 191 Å². The number of ether oxygens (including phenoxy) is 5. The molecule has 3 heterocycles. The summed E-state index contributed by atoms with van der Waals surface area (Å²) in [4.78, 5) is 16.1. The van der Waals surface area contributed by atoms with Crippen molar-refractivity contribution in [2.45, 2.75) is 111 Å². The van der Waals surface area contributed by atoms with E-state index in [2.05, 4.69) is 4.99 Å². The number of nitrogens with zero attached hydrogens (tertiary/aromatic N) is 1. The molecule has 3 fully saturated rings. The van der Waals surface area contributed by atoms with Gasteiger partial charge in [0.25, 0.3) is 5.79 Å². The number of hydrogen-bond acceptors (Lipinski definition) is 19. The first kappa shape index (κ1) is 39.5. The zero-order valence-electron chi connectivity index (χ0n) is 23.7. The average Bonchev–Trinajstić information content (AvgIpc) is 2.96. The Hall–Kier alpha value is -0.700. The van der Waals surface area contributed by atoms with Gasteiger partial charge in [0.1, 0.15) is 73.2 Å². The molecule has 0 aromatic carbocycles. The smallest absolute Gasteiger partial charge is 0.862 e. The third-order valence-electron chi connectivity index (χ3n) is 7.39. The van der Waals surface area contributed by atoms with Crippen molar-refractivity contribution in [2.75, 3.05) is 19.8 Å². The predicted molar refractivity (Wildman–Crippen MR) is 129 cm³/mol. The topological polar surface area (TPSA) is 341 Å². The molecule has 0 aromatic heterocycles. The van der Waals surface area contributed by atoms with Crippen LogP contribution in [0.3, 0.4) is 0 Å². The molecular formula is C23H38NNaO19. The Balaban J connectivity index is 0.00000675. The summed E-state index contributed by atoms with van der Waals surface area (Å²) in [6.45, 7) is -1.93. The number of aliphatic carboxylic acids is 1. The maximum absolute atomic E-state index is 12.5. The summed E-state index contributed by atoms with van der Waals surface area (Å²) in [6, 6.07) is -1.67. The van der Waals surface area contributed by atoms with E-state index in [1.165, 1.54) is 0 Å². The molecule has 3 aliphatic heterocycles. The maximum atomic E-state index is 12.5. The van der Waals surface area contributed by atoms with Gasteiger partial charge >= 0.3 is 35.5 Å². The summed E-state index contributed by atoms with van der Waals surface area (Å²) < 4.78 is 26.8. The van der Waals surface area contributed by atoms with Crippen LogP contribution >= 0.6 is 0 Å². The predicted octanol–water partition coefficient (Wildman–Crippen LogP) is -11.6. The van der Waals surface area contributed by atoms with Crippen LogP contribution in [0.5, 0.6) is 0 Å². The molecular weight excluding hydrogens is 617 g/mol. The number of aliphatic hydroxyl groups is 11. The monoisotopic (exact) mass is 655 g/mol. The summed E-state index contributed by atoms with van der Waals surface area (Å²) in [7, 11) is 0. The molecule has 0 saturated carbocycles. The van der Waals surface area contributed by atoms with Gasteiger partial charge in [-0.3, -0.25) is 4.99 Å². The molecule has 0 bridgehead atoms. The fourth-order valence-corrected chi connectivity index (χ4v) is 5.10. The Morgan fingerprint density at radius 2 is 1.57 bits per heavy atom. The van der Waals surface area contributed by atoms with Crippen LogP contribution in [0.2, 0.25) is 0 Å². The van der Waals surface area contributed by atoms with Crippen molar-refractivity contribution in [3.8, 4) is 0 Å². The van der Waals surface area contributed by atoms with Gasteiger partial charge in [-0.05, 0) is 12.8 Å². The number of carboxylic acids is 1. The van der Waals surface area contributed by atoms with Crippen LogP contribution in [0, 0.1) is 0 Å². The number of hydrogen-bond donors (Lipinski definition) is 12. The molecule has 16 atom stereocenters. The van der Waals surface area contributed by atoms with Crippen LogP contribution in [0.25, 0.3) is 0 Å². The molecule has 12 N–H and O–H groups in total. The number of rotatable bonds is 11. The van der Waals surface area contributed by atoms with Gasteiger partial charge in [-0.2, -0.15) is 0 Å². The van der Waals surface area contributed by atoms with Gasteiger partial charge in [-0.1, -0.05) is 0 Å². The van der Waals surface area contributed by atoms with Crippen LogP contribution in [0.1, 0.15) is 13.3 Å². The molecule has 0 spiro atoms. The van der Waals surface area contributed by atoms with Crippen molar-refractivity contribution >= 4 is 11.9 Å². The van der Waals surface area contributed by atoms with E-state index in [9.17, 15) is 71.2 Å². The molecule has 44 heavy (non-hydrogen) atoms. The summed E-state index contributed by atoms with van der Waals surface area (Å²) >= 11 is 0. The van der Waals surface area contributed by atoms with Crippen LogP contribution in [0.4, 0.5) is 0 Å². The van der Waals surface area contributed by atoms with Gasteiger partial charge in [0, 0.05) is 6.42 Å². The molecule has 0 radical (unpaired) electrons. The van der Waals surface area contributed by atoms with Crippen LogP contribution in [0.15, 0.2) is 4.99 Å². The molecule has 3 aliphatic rings. The Morgan fingerprint density at radius 3 is 2.09 bits per heavy atom. The summed E-state index contributed by atoms with van der Waals surface area (Å²) in [5.41, 5.74) is 0. The van der Waals surface area contributed by atoms with Gasteiger partial charge in [-0.25, -0.2) is 4.79 Å². The summed E-state index contributed by atoms with van der Waals surface area (Å²) in [6.07, 6.45) is -28.1. The Kier molecular flexibility index (Phi) is 14.7. The molecule has 20 nitrogen and oxygen atoms in total. The molecule has 250 valence electrons. The van der Waals surface area contributed by atoms with Gasteiger partial charge < -0.3 is 90.1 Å². The second-order valence-corrected chi connectivity index (χ2v) is 10.4. The van der Waals surface area contributed by atoms with Crippen LogP contribution < -0.4 is 34.7 Å². The number of aliphatic hydroxyl groups excluding tert-OH is 11. The van der Waals surface area contributed by atoms with Gasteiger partial charge in [-0.15, -0.1) is 0 Å². The molecule has 21 heteroatoms. The van der Waals surface area contributed by atoms with E-state index in [1.807, 2.05) is 0 Å². The minimum absolute atomic E-state index is 0. The minimum atomic E-state index is -3.04.